The molecule has 0 heterocycles. The highest BCUT2D eigenvalue weighted by atomic mass is 16.5. The maximum atomic E-state index is 9.59. The van der Waals surface area contributed by atoms with Gasteiger partial charge in [0.05, 0.1) is 28.4 Å². The first-order chi connectivity index (χ1) is 13.5. The molecule has 0 radical (unpaired) electrons. The van der Waals surface area contributed by atoms with E-state index in [1.54, 1.807) is 28.4 Å². The summed E-state index contributed by atoms with van der Waals surface area (Å²) in [5, 5.41) is 9.59. The van der Waals surface area contributed by atoms with E-state index >= 15 is 0 Å². The molecule has 2 aromatic rings. The van der Waals surface area contributed by atoms with Crippen LogP contribution in [0.1, 0.15) is 37.3 Å². The van der Waals surface area contributed by atoms with Crippen molar-refractivity contribution in [1.82, 2.24) is 0 Å². The summed E-state index contributed by atoms with van der Waals surface area (Å²) in [6, 6.07) is 12.1. The average Bonchev–Trinajstić information content (AvgIpc) is 2.75. The number of rotatable bonds is 10. The molecule has 0 aliphatic heterocycles. The van der Waals surface area contributed by atoms with E-state index in [4.69, 9.17) is 18.9 Å². The molecular formula is C23H32O5. The second-order valence-corrected chi connectivity index (χ2v) is 7.15. The van der Waals surface area contributed by atoms with Gasteiger partial charge >= 0.3 is 0 Å². The van der Waals surface area contributed by atoms with E-state index in [9.17, 15) is 5.11 Å². The van der Waals surface area contributed by atoms with Gasteiger partial charge in [-0.05, 0) is 53.6 Å². The molecule has 0 saturated carbocycles. The van der Waals surface area contributed by atoms with Crippen molar-refractivity contribution in [3.63, 3.8) is 0 Å². The van der Waals surface area contributed by atoms with Crippen LogP contribution in [0, 0.1) is 11.8 Å². The molecule has 0 bridgehead atoms. The van der Waals surface area contributed by atoms with Crippen LogP contribution in [0.25, 0.3) is 0 Å². The molecule has 0 fully saturated rings. The van der Waals surface area contributed by atoms with Gasteiger partial charge in [0.1, 0.15) is 0 Å². The number of methoxy groups -OCH3 is 4. The zero-order valence-corrected chi connectivity index (χ0v) is 17.7. The third-order valence-corrected chi connectivity index (χ3v) is 5.49. The molecule has 0 aromatic heterocycles. The monoisotopic (exact) mass is 388 g/mol. The van der Waals surface area contributed by atoms with E-state index in [2.05, 4.69) is 26.0 Å². The zero-order chi connectivity index (χ0) is 20.7. The third kappa shape index (κ3) is 4.90. The lowest BCUT2D eigenvalue weighted by atomic mass is 9.80. The largest absolute Gasteiger partial charge is 0.493 e. The van der Waals surface area contributed by atoms with Gasteiger partial charge in [0.25, 0.3) is 0 Å². The molecule has 2 aromatic carbocycles. The molecule has 0 aliphatic rings. The Kier molecular flexibility index (Phi) is 8.00. The number of aliphatic hydroxyl groups excluding tert-OH is 1. The van der Waals surface area contributed by atoms with E-state index in [-0.39, 0.29) is 18.4 Å². The van der Waals surface area contributed by atoms with Gasteiger partial charge in [-0.3, -0.25) is 0 Å². The summed E-state index contributed by atoms with van der Waals surface area (Å²) in [5.41, 5.74) is 2.25. The van der Waals surface area contributed by atoms with E-state index in [0.29, 0.717) is 28.9 Å². The minimum absolute atomic E-state index is 0.114. The Bertz CT molecular complexity index is 703. The van der Waals surface area contributed by atoms with Crippen molar-refractivity contribution in [2.75, 3.05) is 35.0 Å². The summed E-state index contributed by atoms with van der Waals surface area (Å²) >= 11 is 0. The summed E-state index contributed by atoms with van der Waals surface area (Å²) in [6.07, 6.45) is 0.882. The molecule has 5 heteroatoms. The van der Waals surface area contributed by atoms with Gasteiger partial charge in [-0.15, -0.1) is 0 Å². The summed E-state index contributed by atoms with van der Waals surface area (Å²) in [5.74, 6) is 3.47. The van der Waals surface area contributed by atoms with Gasteiger partial charge in [0, 0.05) is 12.5 Å². The van der Waals surface area contributed by atoms with E-state index in [1.807, 2.05) is 24.3 Å². The molecule has 0 aliphatic carbocycles. The van der Waals surface area contributed by atoms with Crippen molar-refractivity contribution in [3.05, 3.63) is 47.5 Å². The molecule has 0 saturated heterocycles. The highest BCUT2D eigenvalue weighted by molar-refractivity contribution is 5.49. The standard InChI is InChI=1S/C23H32O5/c1-15(16(2)14-24)11-19(17-7-9-20(25-3)22(12-17)27-5)18-8-10-21(26-4)23(13-18)28-6/h7-10,12-13,15-16,19,24H,11,14H2,1-6H3/t15-,16+/m0/s1. The van der Waals surface area contributed by atoms with E-state index < -0.39 is 0 Å². The van der Waals surface area contributed by atoms with Gasteiger partial charge < -0.3 is 24.1 Å². The fourth-order valence-electron chi connectivity index (χ4n) is 3.39. The molecule has 154 valence electrons. The Labute approximate surface area is 168 Å². The van der Waals surface area contributed by atoms with Gasteiger partial charge in [0.2, 0.25) is 0 Å². The average molecular weight is 389 g/mol. The number of ether oxygens (including phenoxy) is 4. The molecule has 0 unspecified atom stereocenters. The maximum absolute atomic E-state index is 9.59. The minimum atomic E-state index is 0.114. The van der Waals surface area contributed by atoms with Crippen molar-refractivity contribution in [1.29, 1.82) is 0 Å². The lowest BCUT2D eigenvalue weighted by molar-refractivity contribution is 0.188. The summed E-state index contributed by atoms with van der Waals surface area (Å²) in [4.78, 5) is 0. The van der Waals surface area contributed by atoms with Crippen molar-refractivity contribution in [2.45, 2.75) is 26.2 Å². The molecule has 2 atom stereocenters. The Morgan fingerprint density at radius 3 is 1.46 bits per heavy atom. The summed E-state index contributed by atoms with van der Waals surface area (Å²) in [6.45, 7) is 4.42. The first-order valence-corrected chi connectivity index (χ1v) is 9.53. The maximum Gasteiger partial charge on any atom is 0.161 e. The second kappa shape index (κ2) is 10.2. The van der Waals surface area contributed by atoms with Gasteiger partial charge in [-0.1, -0.05) is 26.0 Å². The van der Waals surface area contributed by atoms with Crippen LogP contribution in [0.2, 0.25) is 0 Å². The molecule has 1 N–H and O–H groups in total. The topological polar surface area (TPSA) is 57.2 Å². The van der Waals surface area contributed by atoms with Crippen LogP contribution < -0.4 is 18.9 Å². The minimum Gasteiger partial charge on any atom is -0.493 e. The highest BCUT2D eigenvalue weighted by Gasteiger charge is 2.23. The number of hydrogen-bond donors (Lipinski definition) is 1. The Morgan fingerprint density at radius 1 is 0.679 bits per heavy atom. The van der Waals surface area contributed by atoms with Crippen molar-refractivity contribution in [2.24, 2.45) is 11.8 Å². The molecule has 0 spiro atoms. The van der Waals surface area contributed by atoms with Crippen LogP contribution in [0.15, 0.2) is 36.4 Å². The third-order valence-electron chi connectivity index (χ3n) is 5.49. The number of hydrogen-bond acceptors (Lipinski definition) is 5. The van der Waals surface area contributed by atoms with E-state index in [0.717, 1.165) is 17.5 Å². The molecular weight excluding hydrogens is 356 g/mol. The SMILES string of the molecule is COc1ccc(C(C[C@H](C)[C@H](C)CO)c2ccc(OC)c(OC)c2)cc1OC. The fourth-order valence-corrected chi connectivity index (χ4v) is 3.39. The Morgan fingerprint density at radius 2 is 1.11 bits per heavy atom. The molecule has 2 rings (SSSR count). The first kappa shape index (κ1) is 21.9. The van der Waals surface area contributed by atoms with Crippen LogP contribution >= 0.6 is 0 Å². The lowest BCUT2D eigenvalue weighted by Gasteiger charge is -2.26. The van der Waals surface area contributed by atoms with Crippen LogP contribution in [0.3, 0.4) is 0 Å². The van der Waals surface area contributed by atoms with Crippen LogP contribution in [0.4, 0.5) is 0 Å². The Hall–Kier alpha value is -2.40. The van der Waals surface area contributed by atoms with E-state index in [1.165, 1.54) is 0 Å². The Balaban J connectivity index is 2.51. The quantitative estimate of drug-likeness (QED) is 0.649. The summed E-state index contributed by atoms with van der Waals surface area (Å²) < 4.78 is 21.8. The van der Waals surface area contributed by atoms with Gasteiger partial charge in [0.15, 0.2) is 23.0 Å². The van der Waals surface area contributed by atoms with Crippen LogP contribution in [-0.2, 0) is 0 Å². The molecule has 0 amide bonds. The van der Waals surface area contributed by atoms with Crippen molar-refractivity contribution >= 4 is 0 Å². The number of benzene rings is 2. The molecule has 28 heavy (non-hydrogen) atoms. The van der Waals surface area contributed by atoms with Crippen LogP contribution in [-0.4, -0.2) is 40.2 Å². The normalized spacial score (nSPS) is 13.1. The zero-order valence-electron chi connectivity index (χ0n) is 17.7. The molecule has 5 nitrogen and oxygen atoms in total. The second-order valence-electron chi connectivity index (χ2n) is 7.15. The summed E-state index contributed by atoms with van der Waals surface area (Å²) in [7, 11) is 6.55. The van der Waals surface area contributed by atoms with Crippen molar-refractivity contribution < 1.29 is 24.1 Å². The highest BCUT2D eigenvalue weighted by Crippen LogP contribution is 2.40. The number of aliphatic hydroxyl groups is 1. The first-order valence-electron chi connectivity index (χ1n) is 9.53. The van der Waals surface area contributed by atoms with Gasteiger partial charge in [-0.2, -0.15) is 0 Å². The fraction of sp³-hybridized carbons (Fsp3) is 0.478. The predicted octanol–water partition coefficient (Wildman–Crippen LogP) is 4.51. The predicted molar refractivity (Wildman–Crippen MR) is 111 cm³/mol. The van der Waals surface area contributed by atoms with Gasteiger partial charge in [-0.25, -0.2) is 0 Å². The van der Waals surface area contributed by atoms with Crippen LogP contribution in [0.5, 0.6) is 23.0 Å². The van der Waals surface area contributed by atoms with Crippen molar-refractivity contribution in [3.8, 4) is 23.0 Å². The smallest absolute Gasteiger partial charge is 0.161 e. The lowest BCUT2D eigenvalue weighted by Crippen LogP contribution is -2.16.